The normalized spacial score (nSPS) is 12.2. The van der Waals surface area contributed by atoms with Crippen molar-refractivity contribution < 1.29 is 9.13 Å². The van der Waals surface area contributed by atoms with Crippen LogP contribution in [0.15, 0.2) is 30.4 Å². The van der Waals surface area contributed by atoms with Crippen LogP contribution >= 0.6 is 0 Å². The second-order valence-corrected chi connectivity index (χ2v) is 4.53. The number of hydrogen-bond donors (Lipinski definition) is 1. The minimum atomic E-state index is -0.334. The summed E-state index contributed by atoms with van der Waals surface area (Å²) >= 11 is 0. The first-order valence-electron chi connectivity index (χ1n) is 6.40. The fourth-order valence-electron chi connectivity index (χ4n) is 1.52. The summed E-state index contributed by atoms with van der Waals surface area (Å²) in [6.45, 7) is 8.20. The predicted octanol–water partition coefficient (Wildman–Crippen LogP) is 3.45. The molecule has 2 N–H and O–H groups in total. The van der Waals surface area contributed by atoms with E-state index in [1.807, 2.05) is 19.9 Å². The smallest absolute Gasteiger partial charge is 0.165 e. The lowest BCUT2D eigenvalue weighted by atomic mass is 10.0. The van der Waals surface area contributed by atoms with E-state index < -0.39 is 0 Å². The summed E-state index contributed by atoms with van der Waals surface area (Å²) in [6, 6.07) is 5.11. The molecule has 2 nitrogen and oxygen atoms in total. The molecule has 1 aromatic carbocycles. The predicted molar refractivity (Wildman–Crippen MR) is 73.3 cm³/mol. The second kappa shape index (κ2) is 7.17. The van der Waals surface area contributed by atoms with E-state index in [2.05, 4.69) is 6.58 Å². The molecule has 100 valence electrons. The Hall–Kier alpha value is -1.35. The number of halogens is 1. The van der Waals surface area contributed by atoms with Crippen LogP contribution < -0.4 is 10.5 Å². The summed E-state index contributed by atoms with van der Waals surface area (Å²) in [6.07, 6.45) is 2.41. The van der Waals surface area contributed by atoms with Gasteiger partial charge in [0.1, 0.15) is 6.61 Å². The molecule has 1 rings (SSSR count). The zero-order valence-electron chi connectivity index (χ0n) is 11.2. The average Bonchev–Trinajstić information content (AvgIpc) is 2.37. The molecule has 0 spiro atoms. The Kier molecular flexibility index (Phi) is 5.86. The van der Waals surface area contributed by atoms with Crippen LogP contribution in [0.1, 0.15) is 32.3 Å². The van der Waals surface area contributed by atoms with Gasteiger partial charge in [0.25, 0.3) is 0 Å². The molecule has 0 aromatic heterocycles. The highest BCUT2D eigenvalue weighted by Crippen LogP contribution is 2.20. The summed E-state index contributed by atoms with van der Waals surface area (Å²) in [4.78, 5) is 0. The minimum Gasteiger partial charge on any atom is -0.486 e. The number of ether oxygens (including phenoxy) is 1. The van der Waals surface area contributed by atoms with Crippen LogP contribution in [0.2, 0.25) is 0 Å². The average molecular weight is 251 g/mol. The van der Waals surface area contributed by atoms with Gasteiger partial charge in [-0.2, -0.15) is 0 Å². The van der Waals surface area contributed by atoms with Crippen molar-refractivity contribution in [3.05, 3.63) is 41.7 Å². The molecule has 0 radical (unpaired) electrons. The van der Waals surface area contributed by atoms with E-state index in [4.69, 9.17) is 10.5 Å². The Labute approximate surface area is 109 Å². The van der Waals surface area contributed by atoms with Crippen molar-refractivity contribution in [1.82, 2.24) is 0 Å². The van der Waals surface area contributed by atoms with Gasteiger partial charge in [0, 0.05) is 6.04 Å². The van der Waals surface area contributed by atoms with Gasteiger partial charge in [0.05, 0.1) is 0 Å². The molecule has 0 aliphatic rings. The Morgan fingerprint density at radius 3 is 2.72 bits per heavy atom. The van der Waals surface area contributed by atoms with E-state index in [1.165, 1.54) is 6.07 Å². The van der Waals surface area contributed by atoms with Crippen molar-refractivity contribution in [2.24, 2.45) is 5.73 Å². The quantitative estimate of drug-likeness (QED) is 0.753. The lowest BCUT2D eigenvalue weighted by Gasteiger charge is -2.11. The molecule has 0 amide bonds. The fourth-order valence-corrected chi connectivity index (χ4v) is 1.52. The van der Waals surface area contributed by atoms with Gasteiger partial charge in [-0.3, -0.25) is 0 Å². The summed E-state index contributed by atoms with van der Waals surface area (Å²) in [5.41, 5.74) is 7.70. The van der Waals surface area contributed by atoms with Crippen LogP contribution in [0.4, 0.5) is 4.39 Å². The zero-order valence-corrected chi connectivity index (χ0v) is 11.2. The van der Waals surface area contributed by atoms with Gasteiger partial charge in [0.15, 0.2) is 11.6 Å². The van der Waals surface area contributed by atoms with Crippen molar-refractivity contribution in [3.8, 4) is 5.75 Å². The third-order valence-corrected chi connectivity index (χ3v) is 2.95. The van der Waals surface area contributed by atoms with E-state index in [0.29, 0.717) is 13.0 Å². The molecule has 1 unspecified atom stereocenters. The molecule has 0 bridgehead atoms. The zero-order chi connectivity index (χ0) is 13.5. The Bertz CT molecular complexity index is 403. The molecule has 3 heteroatoms. The molecule has 0 saturated heterocycles. The highest BCUT2D eigenvalue weighted by Gasteiger charge is 2.07. The maximum absolute atomic E-state index is 13.8. The molecule has 1 atom stereocenters. The van der Waals surface area contributed by atoms with Gasteiger partial charge in [-0.1, -0.05) is 26.5 Å². The first kappa shape index (κ1) is 14.7. The first-order valence-corrected chi connectivity index (χ1v) is 6.40. The van der Waals surface area contributed by atoms with Crippen LogP contribution in [-0.4, -0.2) is 12.6 Å². The highest BCUT2D eigenvalue weighted by molar-refractivity contribution is 5.30. The molecule has 0 aliphatic heterocycles. The molecule has 0 heterocycles. The number of benzene rings is 1. The number of hydrogen-bond acceptors (Lipinski definition) is 2. The summed E-state index contributed by atoms with van der Waals surface area (Å²) in [5, 5.41) is 0. The maximum atomic E-state index is 13.8. The summed E-state index contributed by atoms with van der Waals surface area (Å²) in [5.74, 6) is -0.0573. The van der Waals surface area contributed by atoms with Crippen molar-refractivity contribution in [2.45, 2.75) is 39.2 Å². The molecular weight excluding hydrogens is 229 g/mol. The van der Waals surface area contributed by atoms with Crippen molar-refractivity contribution in [2.75, 3.05) is 6.61 Å². The van der Waals surface area contributed by atoms with Crippen LogP contribution in [0.3, 0.4) is 0 Å². The van der Waals surface area contributed by atoms with Crippen LogP contribution in [-0.2, 0) is 6.42 Å². The van der Waals surface area contributed by atoms with Gasteiger partial charge in [0.2, 0.25) is 0 Å². The van der Waals surface area contributed by atoms with Crippen molar-refractivity contribution >= 4 is 0 Å². The van der Waals surface area contributed by atoms with Gasteiger partial charge < -0.3 is 10.5 Å². The molecule has 0 aliphatic carbocycles. The molecular formula is C15H22FNO. The minimum absolute atomic E-state index is 0.0797. The van der Waals surface area contributed by atoms with E-state index >= 15 is 0 Å². The van der Waals surface area contributed by atoms with E-state index in [-0.39, 0.29) is 17.6 Å². The Balaban J connectivity index is 2.64. The molecule has 18 heavy (non-hydrogen) atoms. The Morgan fingerprint density at radius 2 is 2.17 bits per heavy atom. The van der Waals surface area contributed by atoms with E-state index in [0.717, 1.165) is 24.0 Å². The van der Waals surface area contributed by atoms with Gasteiger partial charge in [-0.15, -0.1) is 0 Å². The second-order valence-electron chi connectivity index (χ2n) is 4.53. The third-order valence-electron chi connectivity index (χ3n) is 2.95. The topological polar surface area (TPSA) is 35.2 Å². The summed E-state index contributed by atoms with van der Waals surface area (Å²) in [7, 11) is 0. The highest BCUT2D eigenvalue weighted by atomic mass is 19.1. The van der Waals surface area contributed by atoms with Crippen LogP contribution in [0.5, 0.6) is 5.75 Å². The maximum Gasteiger partial charge on any atom is 0.165 e. The van der Waals surface area contributed by atoms with Crippen LogP contribution in [0.25, 0.3) is 0 Å². The lowest BCUT2D eigenvalue weighted by molar-refractivity contribution is 0.329. The van der Waals surface area contributed by atoms with E-state index in [1.54, 1.807) is 6.07 Å². The SMILES string of the molecule is C=C(CC)COc1ccc(CC(N)CC)cc1F. The first-order chi connectivity index (χ1) is 8.56. The Morgan fingerprint density at radius 1 is 1.44 bits per heavy atom. The molecule has 1 aromatic rings. The lowest BCUT2D eigenvalue weighted by Crippen LogP contribution is -2.21. The van der Waals surface area contributed by atoms with E-state index in [9.17, 15) is 4.39 Å². The van der Waals surface area contributed by atoms with Gasteiger partial charge >= 0.3 is 0 Å². The fraction of sp³-hybridized carbons (Fsp3) is 0.467. The van der Waals surface area contributed by atoms with Gasteiger partial charge in [-0.05, 0) is 42.5 Å². The number of rotatable bonds is 7. The monoisotopic (exact) mass is 251 g/mol. The van der Waals surface area contributed by atoms with Crippen LogP contribution in [0, 0.1) is 5.82 Å². The van der Waals surface area contributed by atoms with Crippen molar-refractivity contribution in [3.63, 3.8) is 0 Å². The molecule has 0 fully saturated rings. The number of nitrogens with two attached hydrogens (primary N) is 1. The molecule has 0 saturated carbocycles. The van der Waals surface area contributed by atoms with Crippen molar-refractivity contribution in [1.29, 1.82) is 0 Å². The summed E-state index contributed by atoms with van der Waals surface area (Å²) < 4.78 is 19.1. The van der Waals surface area contributed by atoms with Gasteiger partial charge in [-0.25, -0.2) is 4.39 Å². The standard InChI is InChI=1S/C15H22FNO/c1-4-11(3)10-18-15-7-6-12(9-14(15)16)8-13(17)5-2/h6-7,9,13H,3-5,8,10,17H2,1-2H3. The third kappa shape index (κ3) is 4.49. The largest absolute Gasteiger partial charge is 0.486 e.